The normalized spacial score (nSPS) is 18.3. The fraction of sp³-hybridized carbons (Fsp3) is 0.524. The van der Waals surface area contributed by atoms with E-state index in [1.54, 1.807) is 0 Å². The maximum Gasteiger partial charge on any atom is 0.275 e. The van der Waals surface area contributed by atoms with Crippen LogP contribution in [0.1, 0.15) is 47.1 Å². The lowest BCUT2D eigenvalue weighted by Crippen LogP contribution is -2.47. The molecule has 0 bridgehead atoms. The van der Waals surface area contributed by atoms with Gasteiger partial charge in [0.25, 0.3) is 5.91 Å². The number of carbonyl (C=O) groups excluding carboxylic acids is 1. The van der Waals surface area contributed by atoms with Gasteiger partial charge in [-0.25, -0.2) is 0 Å². The van der Waals surface area contributed by atoms with Crippen molar-refractivity contribution in [2.45, 2.75) is 44.9 Å². The predicted molar refractivity (Wildman–Crippen MR) is 103 cm³/mol. The Morgan fingerprint density at radius 1 is 1.30 bits per heavy atom. The van der Waals surface area contributed by atoms with Gasteiger partial charge in [0, 0.05) is 37.8 Å². The molecule has 2 aromatic rings. The molecule has 1 spiro atoms. The molecule has 2 aliphatic rings. The molecule has 4 rings (SSSR count). The van der Waals surface area contributed by atoms with E-state index < -0.39 is 0 Å². The number of amides is 1. The standard InChI is InChI=1S/C21H28N4O2/c1-3-25(14-16-7-5-4-6-8-16)20(26)19-17-15-27-21(9-11-22-12-10-21)13-18(17)24(2)23-19/h4-8,22H,3,9-15H2,1-2H3. The molecule has 1 N–H and O–H groups in total. The Hall–Kier alpha value is -2.18. The molecule has 144 valence electrons. The van der Waals surface area contributed by atoms with Crippen molar-refractivity contribution in [2.75, 3.05) is 19.6 Å². The summed E-state index contributed by atoms with van der Waals surface area (Å²) in [6, 6.07) is 10.1. The van der Waals surface area contributed by atoms with Crippen LogP contribution in [0.5, 0.6) is 0 Å². The zero-order valence-electron chi connectivity index (χ0n) is 16.2. The van der Waals surface area contributed by atoms with E-state index in [0.717, 1.165) is 49.2 Å². The Morgan fingerprint density at radius 3 is 2.74 bits per heavy atom. The van der Waals surface area contributed by atoms with Crippen molar-refractivity contribution in [3.05, 3.63) is 52.8 Å². The van der Waals surface area contributed by atoms with Gasteiger partial charge in [-0.3, -0.25) is 9.48 Å². The average molecular weight is 368 g/mol. The number of benzene rings is 1. The summed E-state index contributed by atoms with van der Waals surface area (Å²) in [4.78, 5) is 15.1. The zero-order chi connectivity index (χ0) is 18.9. The summed E-state index contributed by atoms with van der Waals surface area (Å²) in [5, 5.41) is 8.01. The molecule has 0 radical (unpaired) electrons. The first-order chi connectivity index (χ1) is 13.1. The predicted octanol–water partition coefficient (Wildman–Crippen LogP) is 2.28. The molecule has 6 heteroatoms. The van der Waals surface area contributed by atoms with E-state index in [1.165, 1.54) is 0 Å². The van der Waals surface area contributed by atoms with E-state index >= 15 is 0 Å². The summed E-state index contributed by atoms with van der Waals surface area (Å²) in [6.07, 6.45) is 2.86. The van der Waals surface area contributed by atoms with Crippen LogP contribution in [-0.4, -0.2) is 45.8 Å². The van der Waals surface area contributed by atoms with E-state index in [9.17, 15) is 4.79 Å². The third-order valence-electron chi connectivity index (χ3n) is 5.89. The quantitative estimate of drug-likeness (QED) is 0.899. The number of rotatable bonds is 4. The largest absolute Gasteiger partial charge is 0.370 e. The lowest BCUT2D eigenvalue weighted by molar-refractivity contribution is -0.0869. The highest BCUT2D eigenvalue weighted by molar-refractivity contribution is 5.94. The number of nitrogens with zero attached hydrogens (tertiary/aromatic N) is 3. The number of fused-ring (bicyclic) bond motifs is 1. The van der Waals surface area contributed by atoms with Gasteiger partial charge in [-0.05, 0) is 38.4 Å². The Kier molecular flexibility index (Phi) is 5.02. The van der Waals surface area contributed by atoms with Gasteiger partial charge in [-0.15, -0.1) is 0 Å². The molecule has 0 aliphatic carbocycles. The SMILES string of the molecule is CCN(Cc1ccccc1)C(=O)c1nn(C)c2c1COC1(CCNCC1)C2. The van der Waals surface area contributed by atoms with Gasteiger partial charge >= 0.3 is 0 Å². The fourth-order valence-corrected chi connectivity index (χ4v) is 4.21. The molecule has 3 heterocycles. The molecular weight excluding hydrogens is 340 g/mol. The second-order valence-electron chi connectivity index (χ2n) is 7.60. The molecular formula is C21H28N4O2. The first-order valence-corrected chi connectivity index (χ1v) is 9.84. The van der Waals surface area contributed by atoms with E-state index in [1.807, 2.05) is 53.9 Å². The third-order valence-corrected chi connectivity index (χ3v) is 5.89. The molecule has 0 saturated carbocycles. The van der Waals surface area contributed by atoms with Crippen LogP contribution in [-0.2, 0) is 31.4 Å². The van der Waals surface area contributed by atoms with Crippen LogP contribution in [0.15, 0.2) is 30.3 Å². The van der Waals surface area contributed by atoms with Crippen LogP contribution in [0.25, 0.3) is 0 Å². The number of nitrogens with one attached hydrogen (secondary N) is 1. The molecule has 1 amide bonds. The monoisotopic (exact) mass is 368 g/mol. The van der Waals surface area contributed by atoms with E-state index in [4.69, 9.17) is 4.74 Å². The van der Waals surface area contributed by atoms with Crippen LogP contribution in [0, 0.1) is 0 Å². The number of hydrogen-bond acceptors (Lipinski definition) is 4. The van der Waals surface area contributed by atoms with Crippen LogP contribution in [0.4, 0.5) is 0 Å². The maximum atomic E-state index is 13.2. The van der Waals surface area contributed by atoms with Gasteiger partial charge in [-0.2, -0.15) is 5.10 Å². The third kappa shape index (κ3) is 3.51. The molecule has 0 atom stereocenters. The highest BCUT2D eigenvalue weighted by atomic mass is 16.5. The first kappa shape index (κ1) is 18.2. The van der Waals surface area contributed by atoms with Crippen molar-refractivity contribution < 1.29 is 9.53 Å². The van der Waals surface area contributed by atoms with E-state index in [2.05, 4.69) is 10.4 Å². The topological polar surface area (TPSA) is 59.4 Å². The molecule has 6 nitrogen and oxygen atoms in total. The van der Waals surface area contributed by atoms with Gasteiger partial charge in [-0.1, -0.05) is 30.3 Å². The summed E-state index contributed by atoms with van der Waals surface area (Å²) in [6.45, 7) is 5.71. The summed E-state index contributed by atoms with van der Waals surface area (Å²) >= 11 is 0. The van der Waals surface area contributed by atoms with E-state index in [-0.39, 0.29) is 11.5 Å². The Bertz CT molecular complexity index is 809. The Morgan fingerprint density at radius 2 is 2.04 bits per heavy atom. The lowest BCUT2D eigenvalue weighted by Gasteiger charge is -2.40. The second kappa shape index (κ2) is 7.44. The van der Waals surface area contributed by atoms with Crippen molar-refractivity contribution >= 4 is 5.91 Å². The molecule has 1 aromatic heterocycles. The molecule has 0 unspecified atom stereocenters. The summed E-state index contributed by atoms with van der Waals surface area (Å²) in [7, 11) is 1.95. The summed E-state index contributed by atoms with van der Waals surface area (Å²) < 4.78 is 8.20. The fourth-order valence-electron chi connectivity index (χ4n) is 4.21. The van der Waals surface area contributed by atoms with Crippen LogP contribution >= 0.6 is 0 Å². The number of carbonyl (C=O) groups is 1. The summed E-state index contributed by atoms with van der Waals surface area (Å²) in [5.41, 5.74) is 3.71. The van der Waals surface area contributed by atoms with Crippen LogP contribution < -0.4 is 5.32 Å². The van der Waals surface area contributed by atoms with Gasteiger partial charge in [0.05, 0.1) is 12.2 Å². The second-order valence-corrected chi connectivity index (χ2v) is 7.60. The van der Waals surface area contributed by atoms with E-state index in [0.29, 0.717) is 25.4 Å². The molecule has 27 heavy (non-hydrogen) atoms. The number of ether oxygens (including phenoxy) is 1. The Labute approximate surface area is 160 Å². The van der Waals surface area contributed by atoms with Gasteiger partial charge in [0.2, 0.25) is 0 Å². The highest BCUT2D eigenvalue weighted by Gasteiger charge is 2.40. The van der Waals surface area contributed by atoms with Gasteiger partial charge < -0.3 is 15.0 Å². The number of aromatic nitrogens is 2. The lowest BCUT2D eigenvalue weighted by atomic mass is 9.84. The molecule has 1 saturated heterocycles. The van der Waals surface area contributed by atoms with Crippen molar-refractivity contribution in [2.24, 2.45) is 7.05 Å². The van der Waals surface area contributed by atoms with Crippen molar-refractivity contribution in [3.8, 4) is 0 Å². The van der Waals surface area contributed by atoms with Gasteiger partial charge in [0.15, 0.2) is 5.69 Å². The average Bonchev–Trinajstić information content (AvgIpc) is 3.03. The molecule has 2 aliphatic heterocycles. The van der Waals surface area contributed by atoms with Crippen molar-refractivity contribution in [3.63, 3.8) is 0 Å². The minimum atomic E-state index is -0.0964. The van der Waals surface area contributed by atoms with Gasteiger partial charge in [0.1, 0.15) is 0 Å². The minimum Gasteiger partial charge on any atom is -0.370 e. The maximum absolute atomic E-state index is 13.2. The first-order valence-electron chi connectivity index (χ1n) is 9.84. The smallest absolute Gasteiger partial charge is 0.275 e. The number of hydrogen-bond donors (Lipinski definition) is 1. The minimum absolute atomic E-state index is 0.0111. The zero-order valence-corrected chi connectivity index (χ0v) is 16.2. The molecule has 1 fully saturated rings. The van der Waals surface area contributed by atoms with Crippen LogP contribution in [0.2, 0.25) is 0 Å². The Balaban J connectivity index is 1.57. The van der Waals surface area contributed by atoms with Crippen molar-refractivity contribution in [1.29, 1.82) is 0 Å². The van der Waals surface area contributed by atoms with Crippen molar-refractivity contribution in [1.82, 2.24) is 20.0 Å². The highest BCUT2D eigenvalue weighted by Crippen LogP contribution is 2.36. The molecule has 1 aromatic carbocycles. The number of aryl methyl sites for hydroxylation is 1. The summed E-state index contributed by atoms with van der Waals surface area (Å²) in [5.74, 6) is -0.0111. The number of piperidine rings is 1. The van der Waals surface area contributed by atoms with Crippen LogP contribution in [0.3, 0.4) is 0 Å².